The molecule has 4 unspecified atom stereocenters. The summed E-state index contributed by atoms with van der Waals surface area (Å²) < 4.78 is 31.7. The van der Waals surface area contributed by atoms with Crippen molar-refractivity contribution in [3.63, 3.8) is 0 Å². The van der Waals surface area contributed by atoms with Gasteiger partial charge in [0.25, 0.3) is 0 Å². The second kappa shape index (κ2) is 15.2. The first-order chi connectivity index (χ1) is 11.3. The van der Waals surface area contributed by atoms with Crippen molar-refractivity contribution in [3.05, 3.63) is 0 Å². The third kappa shape index (κ3) is 16.1. The van der Waals surface area contributed by atoms with E-state index in [1.807, 2.05) is 0 Å². The van der Waals surface area contributed by atoms with E-state index in [2.05, 4.69) is 0 Å². The van der Waals surface area contributed by atoms with Crippen molar-refractivity contribution in [2.45, 2.75) is 36.7 Å². The summed E-state index contributed by atoms with van der Waals surface area (Å²) in [6.07, 6.45) is -12.4. The molecule has 25 heavy (non-hydrogen) atoms. The Balaban J connectivity index is -0.000000317. The fourth-order valence-electron chi connectivity index (χ4n) is 0.729. The number of alkyl halides is 3. The van der Waals surface area contributed by atoms with Crippen LogP contribution < -0.4 is 0 Å². The lowest BCUT2D eigenvalue weighted by Crippen LogP contribution is -2.46. The van der Waals surface area contributed by atoms with Crippen LogP contribution in [-0.2, 0) is 4.79 Å². The molecule has 14 heteroatoms. The number of carboxylic acids is 1. The minimum Gasteiger partial charge on any atom is -0.475 e. The lowest BCUT2D eigenvalue weighted by Gasteiger charge is -2.24. The number of carbonyl (C=O) groups is 1. The summed E-state index contributed by atoms with van der Waals surface area (Å²) in [6.45, 7) is -2.18. The Morgan fingerprint density at radius 1 is 0.720 bits per heavy atom. The maximum absolute atomic E-state index is 10.6. The minimum absolute atomic E-state index is 0.365. The van der Waals surface area contributed by atoms with Crippen molar-refractivity contribution < 1.29 is 69.0 Å². The van der Waals surface area contributed by atoms with E-state index in [4.69, 9.17) is 55.9 Å². The highest BCUT2D eigenvalue weighted by Gasteiger charge is 2.38. The van der Waals surface area contributed by atoms with E-state index in [-0.39, 0.29) is 13.2 Å². The fourth-order valence-corrected chi connectivity index (χ4v) is 0.729. The Hall–Kier alpha value is -1.10. The molecule has 0 bridgehead atoms. The van der Waals surface area contributed by atoms with Gasteiger partial charge in [0, 0.05) is 0 Å². The largest absolute Gasteiger partial charge is 0.490 e. The van der Waals surface area contributed by atoms with Gasteiger partial charge < -0.3 is 51.1 Å². The van der Waals surface area contributed by atoms with E-state index in [9.17, 15) is 13.2 Å². The molecule has 0 fully saturated rings. The van der Waals surface area contributed by atoms with Crippen LogP contribution in [0.15, 0.2) is 0 Å². The number of aliphatic hydroxyl groups is 9. The van der Waals surface area contributed by atoms with Crippen molar-refractivity contribution in [1.29, 1.82) is 0 Å². The summed E-state index contributed by atoms with van der Waals surface area (Å²) in [5.74, 6) is -2.76. The molecule has 0 aromatic rings. The first kappa shape index (κ1) is 28.7. The van der Waals surface area contributed by atoms with Gasteiger partial charge in [-0.2, -0.15) is 13.2 Å². The summed E-state index contributed by atoms with van der Waals surface area (Å²) in [5, 5.41) is 83.3. The standard InChI is InChI=1S/C6H14O6.C3H8O3.C2HF3O2/c7-1-3(9)5(11)6(12)4(10)2-8;4-1-3(6)2-5;3-2(4,5)1(6)7/h3-12H,1-2H2;3-6H,1-2H2;(H,6,7). The monoisotopic (exact) mass is 388 g/mol. The van der Waals surface area contributed by atoms with Gasteiger partial charge in [0.1, 0.15) is 30.5 Å². The van der Waals surface area contributed by atoms with Crippen LogP contribution in [-0.4, -0.2) is 120 Å². The first-order valence-electron chi connectivity index (χ1n) is 6.43. The summed E-state index contributed by atoms with van der Waals surface area (Å²) in [6, 6.07) is 0. The molecule has 0 spiro atoms. The van der Waals surface area contributed by atoms with Crippen LogP contribution in [0, 0.1) is 0 Å². The van der Waals surface area contributed by atoms with E-state index in [1.54, 1.807) is 0 Å². The number of carboxylic acid groups (broad SMARTS) is 1. The van der Waals surface area contributed by atoms with Gasteiger partial charge in [0.05, 0.1) is 26.4 Å². The van der Waals surface area contributed by atoms with Crippen LogP contribution in [0.2, 0.25) is 0 Å². The molecule has 0 aliphatic carbocycles. The number of aliphatic carboxylic acids is 1. The van der Waals surface area contributed by atoms with Crippen LogP contribution in [0.1, 0.15) is 0 Å². The molecule has 154 valence electrons. The zero-order chi connectivity index (χ0) is 20.8. The van der Waals surface area contributed by atoms with E-state index in [0.717, 1.165) is 0 Å². The fraction of sp³-hybridized carbons (Fsp3) is 0.909. The highest BCUT2D eigenvalue weighted by molar-refractivity contribution is 5.73. The quantitative estimate of drug-likeness (QED) is 0.200. The van der Waals surface area contributed by atoms with E-state index in [1.165, 1.54) is 0 Å². The van der Waals surface area contributed by atoms with Gasteiger partial charge in [-0.1, -0.05) is 0 Å². The zero-order valence-electron chi connectivity index (χ0n) is 12.7. The van der Waals surface area contributed by atoms with Crippen LogP contribution in [0.25, 0.3) is 0 Å². The Kier molecular flexibility index (Phi) is 17.4. The molecule has 4 atom stereocenters. The number of rotatable bonds is 7. The molecule has 0 rings (SSSR count). The Morgan fingerprint density at radius 3 is 1.04 bits per heavy atom. The predicted molar refractivity (Wildman–Crippen MR) is 72.1 cm³/mol. The highest BCUT2D eigenvalue weighted by atomic mass is 19.4. The van der Waals surface area contributed by atoms with E-state index < -0.39 is 55.9 Å². The molecule has 0 aromatic carbocycles. The molecule has 0 saturated heterocycles. The molecular formula is C11H23F3O11. The molecule has 0 amide bonds. The lowest BCUT2D eigenvalue weighted by atomic mass is 10.0. The van der Waals surface area contributed by atoms with E-state index >= 15 is 0 Å². The van der Waals surface area contributed by atoms with E-state index in [0.29, 0.717) is 0 Å². The normalized spacial score (nSPS) is 15.9. The summed E-state index contributed by atoms with van der Waals surface area (Å²) in [5.41, 5.74) is 0. The number of aliphatic hydroxyl groups excluding tert-OH is 9. The molecule has 0 saturated carbocycles. The van der Waals surface area contributed by atoms with Gasteiger partial charge in [0.2, 0.25) is 0 Å². The Bertz CT molecular complexity index is 311. The van der Waals surface area contributed by atoms with Crippen molar-refractivity contribution in [2.24, 2.45) is 0 Å². The Labute approximate surface area is 139 Å². The third-order valence-corrected chi connectivity index (χ3v) is 2.18. The lowest BCUT2D eigenvalue weighted by molar-refractivity contribution is -0.192. The summed E-state index contributed by atoms with van der Waals surface area (Å²) >= 11 is 0. The molecular weight excluding hydrogens is 365 g/mol. The molecule has 10 N–H and O–H groups in total. The van der Waals surface area contributed by atoms with Crippen LogP contribution >= 0.6 is 0 Å². The van der Waals surface area contributed by atoms with Gasteiger partial charge in [-0.05, 0) is 0 Å². The zero-order valence-corrected chi connectivity index (χ0v) is 12.7. The minimum atomic E-state index is -5.08. The Morgan fingerprint density at radius 2 is 0.960 bits per heavy atom. The predicted octanol–water partition coefficient (Wildman–Crippen LogP) is -4.62. The van der Waals surface area contributed by atoms with Crippen LogP contribution in [0.3, 0.4) is 0 Å². The summed E-state index contributed by atoms with van der Waals surface area (Å²) in [4.78, 5) is 8.90. The van der Waals surface area contributed by atoms with Gasteiger partial charge >= 0.3 is 12.1 Å². The SMILES string of the molecule is O=C(O)C(F)(F)F.OCC(O)C(O)C(O)C(O)CO.OCC(O)CO. The highest BCUT2D eigenvalue weighted by Crippen LogP contribution is 2.13. The van der Waals surface area contributed by atoms with Gasteiger partial charge in [-0.25, -0.2) is 4.79 Å². The molecule has 11 nitrogen and oxygen atoms in total. The number of hydrogen-bond acceptors (Lipinski definition) is 10. The third-order valence-electron chi connectivity index (χ3n) is 2.18. The maximum atomic E-state index is 10.6. The van der Waals surface area contributed by atoms with Crippen molar-refractivity contribution in [3.8, 4) is 0 Å². The first-order valence-corrected chi connectivity index (χ1v) is 6.43. The second-order valence-electron chi connectivity index (χ2n) is 4.30. The smallest absolute Gasteiger partial charge is 0.475 e. The second-order valence-corrected chi connectivity index (χ2v) is 4.30. The summed E-state index contributed by atoms with van der Waals surface area (Å²) in [7, 11) is 0. The average molecular weight is 388 g/mol. The maximum Gasteiger partial charge on any atom is 0.490 e. The molecule has 0 radical (unpaired) electrons. The molecule has 0 aliphatic heterocycles. The van der Waals surface area contributed by atoms with Crippen molar-refractivity contribution in [1.82, 2.24) is 0 Å². The molecule has 0 heterocycles. The molecule has 0 aliphatic rings. The number of hydrogen-bond donors (Lipinski definition) is 10. The molecule has 0 aromatic heterocycles. The average Bonchev–Trinajstić information content (AvgIpc) is 2.58. The van der Waals surface area contributed by atoms with Crippen LogP contribution in [0.5, 0.6) is 0 Å². The number of halogens is 3. The van der Waals surface area contributed by atoms with Crippen molar-refractivity contribution >= 4 is 5.97 Å². The van der Waals surface area contributed by atoms with Gasteiger partial charge in [-0.3, -0.25) is 0 Å². The van der Waals surface area contributed by atoms with Crippen molar-refractivity contribution in [2.75, 3.05) is 26.4 Å². The topological polar surface area (TPSA) is 219 Å². The van der Waals surface area contributed by atoms with Gasteiger partial charge in [-0.15, -0.1) is 0 Å². The van der Waals surface area contributed by atoms with Gasteiger partial charge in [0.15, 0.2) is 0 Å². The van der Waals surface area contributed by atoms with Crippen LogP contribution in [0.4, 0.5) is 13.2 Å².